The zero-order valence-electron chi connectivity index (χ0n) is 9.74. The van der Waals surface area contributed by atoms with Gasteiger partial charge in [-0.1, -0.05) is 36.4 Å². The molecule has 1 heterocycles. The normalized spacial score (nSPS) is 10.4. The van der Waals surface area contributed by atoms with Crippen LogP contribution in [0.15, 0.2) is 54.9 Å². The number of hydrogen-bond donors (Lipinski definition) is 0. The maximum atomic E-state index is 7.06. The lowest BCUT2D eigenvalue weighted by atomic mass is 10.2. The summed E-state index contributed by atoms with van der Waals surface area (Å²) in [4.78, 5) is 7.81. The van der Waals surface area contributed by atoms with E-state index in [0.29, 0.717) is 5.69 Å². The molecule has 0 aliphatic heterocycles. The molecule has 86 valence electrons. The van der Waals surface area contributed by atoms with Gasteiger partial charge in [-0.3, -0.25) is 0 Å². The Morgan fingerprint density at radius 2 is 1.94 bits per heavy atom. The molecule has 0 saturated heterocycles. The third-order valence-electron chi connectivity index (χ3n) is 2.93. The van der Waals surface area contributed by atoms with E-state index in [9.17, 15) is 0 Å². The van der Waals surface area contributed by atoms with Crippen LogP contribution in [0.1, 0.15) is 5.56 Å². The van der Waals surface area contributed by atoms with E-state index < -0.39 is 0 Å². The van der Waals surface area contributed by atoms with Crippen LogP contribution < -0.4 is 0 Å². The third-order valence-corrected chi connectivity index (χ3v) is 2.93. The minimum absolute atomic E-state index is 0.650. The topological polar surface area (TPSA) is 22.2 Å². The van der Waals surface area contributed by atoms with Crippen LogP contribution >= 0.6 is 0 Å². The van der Waals surface area contributed by atoms with Gasteiger partial charge in [0.2, 0.25) is 0 Å². The summed E-state index contributed by atoms with van der Waals surface area (Å²) in [7, 11) is 0. The summed E-state index contributed by atoms with van der Waals surface area (Å²) in [5.41, 5.74) is 3.81. The van der Waals surface area contributed by atoms with Gasteiger partial charge in [0.25, 0.3) is 0 Å². The van der Waals surface area contributed by atoms with E-state index in [0.717, 1.165) is 17.6 Å². The van der Waals surface area contributed by atoms with E-state index >= 15 is 0 Å². The zero-order chi connectivity index (χ0) is 12.4. The van der Waals surface area contributed by atoms with Gasteiger partial charge in [0.1, 0.15) is 0 Å². The number of benzene rings is 2. The second kappa shape index (κ2) is 4.34. The summed E-state index contributed by atoms with van der Waals surface area (Å²) in [5, 5.41) is 0. The Balaban J connectivity index is 2.05. The minimum atomic E-state index is 0.650. The molecular weight excluding hydrogens is 222 g/mol. The SMILES string of the molecule is [C-]#[N+]c1ccc2ncn(Cc3ccccc3)c2c1. The molecule has 0 N–H and O–H groups in total. The molecule has 0 bridgehead atoms. The highest BCUT2D eigenvalue weighted by molar-refractivity contribution is 5.79. The van der Waals surface area contributed by atoms with E-state index in [1.54, 1.807) is 6.07 Å². The van der Waals surface area contributed by atoms with Crippen LogP contribution in [0.3, 0.4) is 0 Å². The highest BCUT2D eigenvalue weighted by Gasteiger charge is 2.04. The molecule has 0 aliphatic rings. The lowest BCUT2D eigenvalue weighted by Crippen LogP contribution is -1.97. The molecular formula is C15H11N3. The van der Waals surface area contributed by atoms with Gasteiger partial charge in [0.05, 0.1) is 23.9 Å². The molecule has 0 aliphatic carbocycles. The van der Waals surface area contributed by atoms with Gasteiger partial charge >= 0.3 is 0 Å². The lowest BCUT2D eigenvalue weighted by Gasteiger charge is -2.04. The lowest BCUT2D eigenvalue weighted by molar-refractivity contribution is 0.825. The maximum absolute atomic E-state index is 7.06. The van der Waals surface area contributed by atoms with Crippen molar-refractivity contribution < 1.29 is 0 Å². The number of fused-ring (bicyclic) bond motifs is 1. The molecule has 3 nitrogen and oxygen atoms in total. The fourth-order valence-corrected chi connectivity index (χ4v) is 2.02. The number of rotatable bonds is 2. The van der Waals surface area contributed by atoms with E-state index in [-0.39, 0.29) is 0 Å². The molecule has 0 spiro atoms. The molecule has 0 amide bonds. The average molecular weight is 233 g/mol. The number of aromatic nitrogens is 2. The molecule has 3 aromatic rings. The van der Waals surface area contributed by atoms with Crippen LogP contribution in [0.25, 0.3) is 15.9 Å². The Labute approximate surface area is 105 Å². The predicted octanol–water partition coefficient (Wildman–Crippen LogP) is 3.64. The van der Waals surface area contributed by atoms with Crippen molar-refractivity contribution in [1.29, 1.82) is 0 Å². The fraction of sp³-hybridized carbons (Fsp3) is 0.0667. The van der Waals surface area contributed by atoms with Crippen molar-refractivity contribution in [3.8, 4) is 0 Å². The largest absolute Gasteiger partial charge is 0.327 e. The Morgan fingerprint density at radius 1 is 1.11 bits per heavy atom. The molecule has 18 heavy (non-hydrogen) atoms. The second-order valence-electron chi connectivity index (χ2n) is 4.14. The second-order valence-corrected chi connectivity index (χ2v) is 4.14. The summed E-state index contributed by atoms with van der Waals surface area (Å²) in [6.45, 7) is 7.84. The van der Waals surface area contributed by atoms with Gasteiger partial charge in [-0.05, 0) is 17.7 Å². The highest BCUT2D eigenvalue weighted by Crippen LogP contribution is 2.21. The van der Waals surface area contributed by atoms with Gasteiger partial charge in [-0.25, -0.2) is 9.83 Å². The first-order valence-corrected chi connectivity index (χ1v) is 5.73. The first-order valence-electron chi connectivity index (χ1n) is 5.73. The average Bonchev–Trinajstić information content (AvgIpc) is 2.82. The summed E-state index contributed by atoms with van der Waals surface area (Å²) in [6.07, 6.45) is 1.82. The number of imidazole rings is 1. The van der Waals surface area contributed by atoms with E-state index in [1.165, 1.54) is 5.56 Å². The fourth-order valence-electron chi connectivity index (χ4n) is 2.02. The van der Waals surface area contributed by atoms with Crippen molar-refractivity contribution in [2.75, 3.05) is 0 Å². The summed E-state index contributed by atoms with van der Waals surface area (Å²) in [5.74, 6) is 0. The van der Waals surface area contributed by atoms with Crippen molar-refractivity contribution in [3.05, 3.63) is 71.8 Å². The number of nitrogens with zero attached hydrogens (tertiary/aromatic N) is 3. The molecule has 0 saturated carbocycles. The van der Waals surface area contributed by atoms with Gasteiger partial charge in [0, 0.05) is 6.54 Å². The Bertz CT molecular complexity index is 720. The minimum Gasteiger partial charge on any atom is -0.327 e. The number of hydrogen-bond acceptors (Lipinski definition) is 1. The summed E-state index contributed by atoms with van der Waals surface area (Å²) >= 11 is 0. The molecule has 2 aromatic carbocycles. The Kier molecular flexibility index (Phi) is 2.54. The van der Waals surface area contributed by atoms with Crippen molar-refractivity contribution in [3.63, 3.8) is 0 Å². The van der Waals surface area contributed by atoms with Crippen molar-refractivity contribution >= 4 is 16.7 Å². The van der Waals surface area contributed by atoms with Crippen molar-refractivity contribution in [2.24, 2.45) is 0 Å². The molecule has 0 fully saturated rings. The molecule has 0 radical (unpaired) electrons. The molecule has 1 aromatic heterocycles. The van der Waals surface area contributed by atoms with Gasteiger partial charge in [-0.2, -0.15) is 0 Å². The molecule has 3 heteroatoms. The first kappa shape index (κ1) is 10.5. The van der Waals surface area contributed by atoms with Crippen molar-refractivity contribution in [1.82, 2.24) is 9.55 Å². The van der Waals surface area contributed by atoms with E-state index in [1.807, 2.05) is 36.7 Å². The van der Waals surface area contributed by atoms with Gasteiger partial charge in [0.15, 0.2) is 5.69 Å². The van der Waals surface area contributed by atoms with Crippen LogP contribution in [0, 0.1) is 6.57 Å². The molecule has 0 atom stereocenters. The highest BCUT2D eigenvalue weighted by atomic mass is 15.0. The Hall–Kier alpha value is -2.60. The van der Waals surface area contributed by atoms with Crippen LogP contribution in [0.2, 0.25) is 0 Å². The van der Waals surface area contributed by atoms with Crippen LogP contribution in [-0.2, 0) is 6.54 Å². The van der Waals surface area contributed by atoms with E-state index in [4.69, 9.17) is 6.57 Å². The molecule has 3 rings (SSSR count). The summed E-state index contributed by atoms with van der Waals surface area (Å²) in [6, 6.07) is 15.8. The van der Waals surface area contributed by atoms with E-state index in [2.05, 4.69) is 26.5 Å². The van der Waals surface area contributed by atoms with Crippen LogP contribution in [-0.4, -0.2) is 9.55 Å². The quantitative estimate of drug-likeness (QED) is 0.619. The maximum Gasteiger partial charge on any atom is 0.189 e. The zero-order valence-corrected chi connectivity index (χ0v) is 9.74. The first-order chi connectivity index (χ1) is 8.86. The van der Waals surface area contributed by atoms with Crippen LogP contribution in [0.4, 0.5) is 5.69 Å². The van der Waals surface area contributed by atoms with Crippen LogP contribution in [0.5, 0.6) is 0 Å². The predicted molar refractivity (Wildman–Crippen MR) is 71.5 cm³/mol. The van der Waals surface area contributed by atoms with Crippen molar-refractivity contribution in [2.45, 2.75) is 6.54 Å². The standard InChI is InChI=1S/C15H11N3/c1-16-13-7-8-14-15(9-13)18(11-17-14)10-12-5-3-2-4-6-12/h2-9,11H,10H2. The Morgan fingerprint density at radius 3 is 2.72 bits per heavy atom. The molecule has 0 unspecified atom stereocenters. The third kappa shape index (κ3) is 1.85. The van der Waals surface area contributed by atoms with Gasteiger partial charge in [-0.15, -0.1) is 0 Å². The smallest absolute Gasteiger partial charge is 0.189 e. The summed E-state index contributed by atoms with van der Waals surface area (Å²) < 4.78 is 2.07. The van der Waals surface area contributed by atoms with Gasteiger partial charge < -0.3 is 4.57 Å². The monoisotopic (exact) mass is 233 g/mol.